The molecule has 3 heterocycles. The van der Waals surface area contributed by atoms with Gasteiger partial charge in [0.05, 0.1) is 20.3 Å². The lowest BCUT2D eigenvalue weighted by Crippen LogP contribution is -2.35. The third-order valence-corrected chi connectivity index (χ3v) is 6.30. The molecule has 25 heavy (non-hydrogen) atoms. The zero-order chi connectivity index (χ0) is 17.2. The predicted octanol–water partition coefficient (Wildman–Crippen LogP) is 3.17. The summed E-state index contributed by atoms with van der Waals surface area (Å²) in [6.07, 6.45) is 0. The quantitative estimate of drug-likeness (QED) is 0.838. The van der Waals surface area contributed by atoms with Gasteiger partial charge in [-0.2, -0.15) is 0 Å². The minimum absolute atomic E-state index is 0.453. The molecule has 2 aliphatic heterocycles. The number of nitrogens with zero attached hydrogens (tertiary/aromatic N) is 2. The third kappa shape index (κ3) is 3.75. The maximum atomic E-state index is 5.47. The molecule has 0 spiro atoms. The van der Waals surface area contributed by atoms with E-state index in [0.717, 1.165) is 51.7 Å². The van der Waals surface area contributed by atoms with Crippen LogP contribution in [0.2, 0.25) is 0 Å². The van der Waals surface area contributed by atoms with E-state index in [1.54, 1.807) is 7.11 Å². The Hall–Kier alpha value is -1.40. The molecule has 0 bridgehead atoms. The molecule has 0 N–H and O–H groups in total. The lowest BCUT2D eigenvalue weighted by Gasteiger charge is -2.30. The minimum Gasteiger partial charge on any atom is -0.497 e. The fraction of sp³-hybridized carbons (Fsp3) is 0.500. The Balaban J connectivity index is 1.58. The molecule has 0 aliphatic carbocycles. The SMILES string of the molecule is COc1ccc(C2CN(C)Cc3sc(CN4CCOCC4)cc32)cc1. The second-order valence-corrected chi connectivity index (χ2v) is 8.22. The van der Waals surface area contributed by atoms with Gasteiger partial charge in [-0.15, -0.1) is 11.3 Å². The average molecular weight is 359 g/mol. The summed E-state index contributed by atoms with van der Waals surface area (Å²) in [6, 6.07) is 11.0. The first kappa shape index (κ1) is 17.0. The van der Waals surface area contributed by atoms with Crippen LogP contribution in [-0.2, 0) is 17.8 Å². The fourth-order valence-electron chi connectivity index (χ4n) is 3.82. The summed E-state index contributed by atoms with van der Waals surface area (Å²) in [7, 11) is 3.94. The van der Waals surface area contributed by atoms with Crippen LogP contribution in [0.1, 0.15) is 26.8 Å². The van der Waals surface area contributed by atoms with Crippen LogP contribution in [0.25, 0.3) is 0 Å². The molecular weight excluding hydrogens is 332 g/mol. The number of fused-ring (bicyclic) bond motifs is 1. The van der Waals surface area contributed by atoms with Crippen LogP contribution in [0, 0.1) is 0 Å². The first-order chi connectivity index (χ1) is 12.2. The molecule has 1 saturated heterocycles. The first-order valence-electron chi connectivity index (χ1n) is 8.97. The van der Waals surface area contributed by atoms with Crippen molar-refractivity contribution in [3.63, 3.8) is 0 Å². The number of hydrogen-bond donors (Lipinski definition) is 0. The van der Waals surface area contributed by atoms with Crippen LogP contribution in [0.5, 0.6) is 5.75 Å². The number of methoxy groups -OCH3 is 1. The lowest BCUT2D eigenvalue weighted by atomic mass is 9.88. The van der Waals surface area contributed by atoms with Crippen molar-refractivity contribution in [2.45, 2.75) is 19.0 Å². The number of ether oxygens (including phenoxy) is 2. The molecule has 0 radical (unpaired) electrons. The van der Waals surface area contributed by atoms with Gasteiger partial charge in [0, 0.05) is 48.4 Å². The van der Waals surface area contributed by atoms with E-state index in [1.807, 2.05) is 11.3 Å². The van der Waals surface area contributed by atoms with Crippen molar-refractivity contribution in [1.82, 2.24) is 9.80 Å². The van der Waals surface area contributed by atoms with Crippen molar-refractivity contribution in [3.8, 4) is 5.75 Å². The molecule has 1 aromatic carbocycles. The van der Waals surface area contributed by atoms with Gasteiger partial charge >= 0.3 is 0 Å². The number of rotatable bonds is 4. The molecule has 4 nitrogen and oxygen atoms in total. The zero-order valence-electron chi connectivity index (χ0n) is 15.0. The maximum Gasteiger partial charge on any atom is 0.118 e. The third-order valence-electron chi connectivity index (χ3n) is 5.18. The smallest absolute Gasteiger partial charge is 0.118 e. The standard InChI is InChI=1S/C20H26N2O2S/c1-21-13-19(15-3-5-16(23-2)6-4-15)18-11-17(25-20(18)14-21)12-22-7-9-24-10-8-22/h3-6,11,19H,7-10,12-14H2,1-2H3. The van der Waals surface area contributed by atoms with E-state index >= 15 is 0 Å². The second-order valence-electron chi connectivity index (χ2n) is 7.00. The Kier molecular flexibility index (Phi) is 5.08. The molecule has 1 atom stereocenters. The van der Waals surface area contributed by atoms with Crippen molar-refractivity contribution in [3.05, 3.63) is 51.2 Å². The number of morpholine rings is 1. The summed E-state index contributed by atoms with van der Waals surface area (Å²) in [4.78, 5) is 7.96. The normalized spacial score (nSPS) is 21.9. The Labute approximate surface area is 154 Å². The molecule has 2 aliphatic rings. The van der Waals surface area contributed by atoms with Crippen LogP contribution in [0.3, 0.4) is 0 Å². The van der Waals surface area contributed by atoms with Crippen LogP contribution in [0.15, 0.2) is 30.3 Å². The van der Waals surface area contributed by atoms with Gasteiger partial charge in [-0.1, -0.05) is 12.1 Å². The highest BCUT2D eigenvalue weighted by Crippen LogP contribution is 2.38. The summed E-state index contributed by atoms with van der Waals surface area (Å²) in [6.45, 7) is 7.02. The van der Waals surface area contributed by atoms with Gasteiger partial charge in [0.15, 0.2) is 0 Å². The van der Waals surface area contributed by atoms with Gasteiger partial charge in [0.2, 0.25) is 0 Å². The van der Waals surface area contributed by atoms with Crippen molar-refractivity contribution < 1.29 is 9.47 Å². The van der Waals surface area contributed by atoms with Crippen molar-refractivity contribution >= 4 is 11.3 Å². The minimum atomic E-state index is 0.453. The van der Waals surface area contributed by atoms with E-state index in [0.29, 0.717) is 5.92 Å². The highest BCUT2D eigenvalue weighted by atomic mass is 32.1. The molecular formula is C20H26N2O2S. The maximum absolute atomic E-state index is 5.47. The monoisotopic (exact) mass is 358 g/mol. The van der Waals surface area contributed by atoms with E-state index in [-0.39, 0.29) is 0 Å². The Morgan fingerprint density at radius 2 is 1.96 bits per heavy atom. The van der Waals surface area contributed by atoms with Crippen molar-refractivity contribution in [2.75, 3.05) is 47.0 Å². The highest BCUT2D eigenvalue weighted by Gasteiger charge is 2.27. The van der Waals surface area contributed by atoms with E-state index in [9.17, 15) is 0 Å². The molecule has 1 unspecified atom stereocenters. The van der Waals surface area contributed by atoms with Gasteiger partial charge in [-0.05, 0) is 36.4 Å². The average Bonchev–Trinajstić information content (AvgIpc) is 3.04. The lowest BCUT2D eigenvalue weighted by molar-refractivity contribution is 0.0346. The largest absolute Gasteiger partial charge is 0.497 e. The molecule has 134 valence electrons. The van der Waals surface area contributed by atoms with Gasteiger partial charge in [0.1, 0.15) is 5.75 Å². The molecule has 1 aromatic heterocycles. The molecule has 2 aromatic rings. The fourth-order valence-corrected chi connectivity index (χ4v) is 5.17. The van der Waals surface area contributed by atoms with Gasteiger partial charge in [0.25, 0.3) is 0 Å². The van der Waals surface area contributed by atoms with Crippen LogP contribution < -0.4 is 4.74 Å². The number of hydrogen-bond acceptors (Lipinski definition) is 5. The van der Waals surface area contributed by atoms with Crippen LogP contribution >= 0.6 is 11.3 Å². The number of benzene rings is 1. The highest BCUT2D eigenvalue weighted by molar-refractivity contribution is 7.12. The first-order valence-corrected chi connectivity index (χ1v) is 9.78. The summed E-state index contributed by atoms with van der Waals surface area (Å²) in [5, 5.41) is 0. The molecule has 1 fully saturated rings. The summed E-state index contributed by atoms with van der Waals surface area (Å²) in [5.41, 5.74) is 2.90. The van der Waals surface area contributed by atoms with E-state index in [2.05, 4.69) is 47.2 Å². The van der Waals surface area contributed by atoms with Crippen LogP contribution in [-0.4, -0.2) is 56.8 Å². The molecule has 0 amide bonds. The van der Waals surface area contributed by atoms with Crippen molar-refractivity contribution in [1.29, 1.82) is 0 Å². The Morgan fingerprint density at radius 3 is 2.68 bits per heavy atom. The summed E-state index contributed by atoms with van der Waals surface area (Å²) >= 11 is 1.99. The van der Waals surface area contributed by atoms with E-state index in [1.165, 1.54) is 20.9 Å². The van der Waals surface area contributed by atoms with Crippen LogP contribution in [0.4, 0.5) is 0 Å². The van der Waals surface area contributed by atoms with Gasteiger partial charge < -0.3 is 14.4 Å². The molecule has 0 saturated carbocycles. The summed E-state index contributed by atoms with van der Waals surface area (Å²) in [5.74, 6) is 1.38. The Morgan fingerprint density at radius 1 is 1.20 bits per heavy atom. The zero-order valence-corrected chi connectivity index (χ0v) is 15.8. The topological polar surface area (TPSA) is 24.9 Å². The van der Waals surface area contributed by atoms with Gasteiger partial charge in [-0.25, -0.2) is 0 Å². The molecule has 5 heteroatoms. The van der Waals surface area contributed by atoms with Gasteiger partial charge in [-0.3, -0.25) is 4.90 Å². The summed E-state index contributed by atoms with van der Waals surface area (Å²) < 4.78 is 10.8. The second kappa shape index (κ2) is 7.46. The van der Waals surface area contributed by atoms with E-state index < -0.39 is 0 Å². The number of thiophene rings is 1. The Bertz CT molecular complexity index is 707. The van der Waals surface area contributed by atoms with Crippen molar-refractivity contribution in [2.24, 2.45) is 0 Å². The van der Waals surface area contributed by atoms with E-state index in [4.69, 9.17) is 9.47 Å². The predicted molar refractivity (Wildman–Crippen MR) is 102 cm³/mol. The number of likely N-dealkylation sites (N-methyl/N-ethyl adjacent to an activating group) is 1. The molecule has 4 rings (SSSR count).